The van der Waals surface area contributed by atoms with E-state index >= 15 is 0 Å². The van der Waals surface area contributed by atoms with Crippen molar-refractivity contribution in [3.63, 3.8) is 0 Å². The monoisotopic (exact) mass is 387 g/mol. The lowest BCUT2D eigenvalue weighted by molar-refractivity contribution is 0.00820. The molecule has 1 aromatic heterocycles. The summed E-state index contributed by atoms with van der Waals surface area (Å²) in [4.78, 5) is 11.2. The predicted molar refractivity (Wildman–Crippen MR) is 115 cm³/mol. The van der Waals surface area contributed by atoms with E-state index in [1.54, 1.807) is 0 Å². The van der Waals surface area contributed by atoms with Crippen molar-refractivity contribution in [2.75, 3.05) is 53.0 Å². The van der Waals surface area contributed by atoms with Crippen LogP contribution in [0.15, 0.2) is 23.5 Å². The van der Waals surface area contributed by atoms with Crippen molar-refractivity contribution in [3.05, 3.63) is 29.6 Å². The molecule has 6 nitrogen and oxygen atoms in total. The molecule has 0 atom stereocenters. The number of rotatable bonds is 7. The van der Waals surface area contributed by atoms with Gasteiger partial charge in [0.1, 0.15) is 0 Å². The van der Waals surface area contributed by atoms with E-state index in [0.29, 0.717) is 5.41 Å². The summed E-state index contributed by atoms with van der Waals surface area (Å²) in [5.74, 6) is 0.915. The summed E-state index contributed by atoms with van der Waals surface area (Å²) in [6, 6.07) is 2.10. The summed E-state index contributed by atoms with van der Waals surface area (Å²) in [5, 5.41) is 7.13. The van der Waals surface area contributed by atoms with Crippen molar-refractivity contribution in [1.82, 2.24) is 20.5 Å². The number of aliphatic imine (C=N–C) groups is 1. The first kappa shape index (κ1) is 21.1. The molecule has 1 aliphatic carbocycles. The van der Waals surface area contributed by atoms with Gasteiger partial charge in [-0.1, -0.05) is 19.3 Å². The van der Waals surface area contributed by atoms with E-state index in [-0.39, 0.29) is 0 Å². The van der Waals surface area contributed by atoms with E-state index in [1.165, 1.54) is 49.8 Å². The fraction of sp³-hybridized carbons (Fsp3) is 0.727. The first-order valence-corrected chi connectivity index (χ1v) is 10.8. The Morgan fingerprint density at radius 2 is 2.00 bits per heavy atom. The third kappa shape index (κ3) is 6.17. The molecule has 1 saturated carbocycles. The second-order valence-corrected chi connectivity index (χ2v) is 8.35. The number of hydrogen-bond acceptors (Lipinski definition) is 4. The first-order valence-electron chi connectivity index (χ1n) is 10.8. The van der Waals surface area contributed by atoms with Crippen LogP contribution in [0.25, 0.3) is 0 Å². The minimum atomic E-state index is 0.356. The molecule has 1 saturated heterocycles. The number of nitrogens with zero attached hydrogens (tertiary/aromatic N) is 3. The minimum absolute atomic E-state index is 0.356. The number of pyridine rings is 1. The standard InChI is InChI=1S/C22H37N5O/c1-19-16-24-10-6-20(19)7-11-25-21(23-2)26-17-22(8-4-3-5-9-22)18-27-12-14-28-15-13-27/h6,10,16H,3-5,7-9,11-15,17-18H2,1-2H3,(H2,23,25,26). The topological polar surface area (TPSA) is 61.8 Å². The Labute approximate surface area is 170 Å². The van der Waals surface area contributed by atoms with Gasteiger partial charge in [0.15, 0.2) is 5.96 Å². The van der Waals surface area contributed by atoms with E-state index in [9.17, 15) is 0 Å². The predicted octanol–water partition coefficient (Wildman–Crippen LogP) is 2.38. The average molecular weight is 388 g/mol. The van der Waals surface area contributed by atoms with Crippen LogP contribution < -0.4 is 10.6 Å². The highest BCUT2D eigenvalue weighted by Gasteiger charge is 2.34. The maximum Gasteiger partial charge on any atom is 0.191 e. The lowest BCUT2D eigenvalue weighted by Gasteiger charge is -2.42. The van der Waals surface area contributed by atoms with Crippen LogP contribution in [0.3, 0.4) is 0 Å². The van der Waals surface area contributed by atoms with Gasteiger partial charge in [0.2, 0.25) is 0 Å². The molecule has 28 heavy (non-hydrogen) atoms. The zero-order valence-corrected chi connectivity index (χ0v) is 17.7. The van der Waals surface area contributed by atoms with Crippen LogP contribution in [0.4, 0.5) is 0 Å². The van der Waals surface area contributed by atoms with E-state index in [4.69, 9.17) is 4.74 Å². The quantitative estimate of drug-likeness (QED) is 0.556. The minimum Gasteiger partial charge on any atom is -0.379 e. The van der Waals surface area contributed by atoms with Gasteiger partial charge < -0.3 is 15.4 Å². The lowest BCUT2D eigenvalue weighted by atomic mass is 9.73. The van der Waals surface area contributed by atoms with Gasteiger partial charge in [-0.05, 0) is 43.4 Å². The molecule has 0 spiro atoms. The van der Waals surface area contributed by atoms with Crippen LogP contribution in [0, 0.1) is 12.3 Å². The second-order valence-electron chi connectivity index (χ2n) is 8.35. The zero-order valence-electron chi connectivity index (χ0n) is 17.7. The van der Waals surface area contributed by atoms with Gasteiger partial charge >= 0.3 is 0 Å². The molecule has 0 amide bonds. The number of aromatic nitrogens is 1. The Morgan fingerprint density at radius 1 is 1.21 bits per heavy atom. The molecule has 1 aromatic rings. The molecule has 0 bridgehead atoms. The molecule has 3 rings (SSSR count). The van der Waals surface area contributed by atoms with Crippen LogP contribution >= 0.6 is 0 Å². The summed E-state index contributed by atoms with van der Waals surface area (Å²) in [7, 11) is 1.86. The largest absolute Gasteiger partial charge is 0.379 e. The van der Waals surface area contributed by atoms with Crippen LogP contribution in [0.5, 0.6) is 0 Å². The van der Waals surface area contributed by atoms with Crippen LogP contribution in [-0.2, 0) is 11.2 Å². The number of nitrogens with one attached hydrogen (secondary N) is 2. The van der Waals surface area contributed by atoms with Crippen molar-refractivity contribution >= 4 is 5.96 Å². The molecular formula is C22H37N5O. The summed E-state index contributed by atoms with van der Waals surface area (Å²) < 4.78 is 5.54. The van der Waals surface area contributed by atoms with Gasteiger partial charge in [-0.15, -0.1) is 0 Å². The highest BCUT2D eigenvalue weighted by atomic mass is 16.5. The molecular weight excluding hydrogens is 350 g/mol. The third-order valence-corrected chi connectivity index (χ3v) is 6.25. The summed E-state index contributed by atoms with van der Waals surface area (Å²) in [5.41, 5.74) is 2.95. The van der Waals surface area contributed by atoms with Crippen LogP contribution in [-0.4, -0.2) is 68.8 Å². The third-order valence-electron chi connectivity index (χ3n) is 6.25. The first-order chi connectivity index (χ1) is 13.7. The van der Waals surface area contributed by atoms with Gasteiger partial charge in [0, 0.05) is 57.6 Å². The highest BCUT2D eigenvalue weighted by molar-refractivity contribution is 5.79. The van der Waals surface area contributed by atoms with E-state index < -0.39 is 0 Å². The SMILES string of the molecule is CN=C(NCCc1ccncc1C)NCC1(CN2CCOCC2)CCCCC1. The Bertz CT molecular complexity index is 621. The summed E-state index contributed by atoms with van der Waals surface area (Å²) >= 11 is 0. The Kier molecular flexibility index (Phi) is 8.10. The smallest absolute Gasteiger partial charge is 0.191 e. The van der Waals surface area contributed by atoms with Crippen LogP contribution in [0.1, 0.15) is 43.2 Å². The van der Waals surface area contributed by atoms with Crippen molar-refractivity contribution in [2.24, 2.45) is 10.4 Å². The van der Waals surface area contributed by atoms with E-state index in [1.807, 2.05) is 19.4 Å². The second kappa shape index (κ2) is 10.8. The van der Waals surface area contributed by atoms with Crippen molar-refractivity contribution in [2.45, 2.75) is 45.4 Å². The molecule has 0 radical (unpaired) electrons. The summed E-state index contributed by atoms with van der Waals surface area (Å²) in [6.07, 6.45) is 11.5. The number of ether oxygens (including phenoxy) is 1. The van der Waals surface area contributed by atoms with Crippen molar-refractivity contribution < 1.29 is 4.74 Å². The highest BCUT2D eigenvalue weighted by Crippen LogP contribution is 2.36. The van der Waals surface area contributed by atoms with Gasteiger partial charge in [-0.3, -0.25) is 14.9 Å². The number of aryl methyl sites for hydroxylation is 1. The molecule has 2 N–H and O–H groups in total. The molecule has 6 heteroatoms. The molecule has 0 unspecified atom stereocenters. The zero-order chi connectivity index (χ0) is 19.7. The van der Waals surface area contributed by atoms with Crippen molar-refractivity contribution in [1.29, 1.82) is 0 Å². The summed E-state index contributed by atoms with van der Waals surface area (Å²) in [6.45, 7) is 9.06. The Morgan fingerprint density at radius 3 is 2.71 bits per heavy atom. The van der Waals surface area contributed by atoms with Gasteiger partial charge in [0.05, 0.1) is 13.2 Å². The van der Waals surface area contributed by atoms with Gasteiger partial charge in [0.25, 0.3) is 0 Å². The Hall–Kier alpha value is -1.66. The van der Waals surface area contributed by atoms with Gasteiger partial charge in [-0.2, -0.15) is 0 Å². The molecule has 2 heterocycles. The molecule has 156 valence electrons. The number of guanidine groups is 1. The molecule has 0 aromatic carbocycles. The van der Waals surface area contributed by atoms with E-state index in [2.05, 4.69) is 38.5 Å². The molecule has 2 aliphatic rings. The normalized spacial score (nSPS) is 20.7. The number of hydrogen-bond donors (Lipinski definition) is 2. The maximum atomic E-state index is 5.54. The van der Waals surface area contributed by atoms with Gasteiger partial charge in [-0.25, -0.2) is 0 Å². The maximum absolute atomic E-state index is 5.54. The molecule has 1 aliphatic heterocycles. The van der Waals surface area contributed by atoms with Crippen LogP contribution in [0.2, 0.25) is 0 Å². The fourth-order valence-electron chi connectivity index (χ4n) is 4.52. The average Bonchev–Trinajstić information content (AvgIpc) is 2.73. The number of morpholine rings is 1. The van der Waals surface area contributed by atoms with Crippen molar-refractivity contribution in [3.8, 4) is 0 Å². The Balaban J connectivity index is 1.49. The van der Waals surface area contributed by atoms with E-state index in [0.717, 1.165) is 51.8 Å². The molecule has 2 fully saturated rings. The fourth-order valence-corrected chi connectivity index (χ4v) is 4.52. The lowest BCUT2D eigenvalue weighted by Crippen LogP contribution is -2.51.